The van der Waals surface area contributed by atoms with Crippen LogP contribution >= 0.6 is 0 Å². The van der Waals surface area contributed by atoms with Gasteiger partial charge in [0.15, 0.2) is 9.84 Å². The van der Waals surface area contributed by atoms with E-state index < -0.39 is 21.4 Å². The summed E-state index contributed by atoms with van der Waals surface area (Å²) < 4.78 is 52.2. The Morgan fingerprint density at radius 1 is 1.00 bits per heavy atom. The van der Waals surface area contributed by atoms with E-state index in [4.69, 9.17) is 9.47 Å². The summed E-state index contributed by atoms with van der Waals surface area (Å²) in [6.45, 7) is 1.52. The number of methoxy groups -OCH3 is 2. The molecule has 0 aliphatic carbocycles. The molecule has 0 atom stereocenters. The van der Waals surface area contributed by atoms with Gasteiger partial charge in [-0.05, 0) is 12.1 Å². The van der Waals surface area contributed by atoms with Crippen molar-refractivity contribution in [2.45, 2.75) is 17.2 Å². The third-order valence-electron chi connectivity index (χ3n) is 5.18. The second-order valence-electron chi connectivity index (χ2n) is 7.36. The van der Waals surface area contributed by atoms with Crippen molar-refractivity contribution in [1.82, 2.24) is 9.47 Å². The van der Waals surface area contributed by atoms with Crippen molar-refractivity contribution in [2.75, 3.05) is 40.5 Å². The molecule has 1 heterocycles. The largest absolute Gasteiger partial charge is 0.383 e. The lowest BCUT2D eigenvalue weighted by Gasteiger charge is -2.22. The van der Waals surface area contributed by atoms with Gasteiger partial charge in [-0.3, -0.25) is 4.79 Å². The Labute approximate surface area is 187 Å². The van der Waals surface area contributed by atoms with E-state index in [2.05, 4.69) is 0 Å². The molecule has 1 amide bonds. The van der Waals surface area contributed by atoms with Gasteiger partial charge in [0.05, 0.1) is 23.9 Å². The lowest BCUT2D eigenvalue weighted by Crippen LogP contribution is -2.38. The van der Waals surface area contributed by atoms with Gasteiger partial charge in [0, 0.05) is 50.0 Å². The molecule has 7 nitrogen and oxygen atoms in total. The third kappa shape index (κ3) is 5.53. The van der Waals surface area contributed by atoms with Crippen LogP contribution in [0.1, 0.15) is 5.56 Å². The Bertz CT molecular complexity index is 1170. The first-order chi connectivity index (χ1) is 15.4. The molecule has 0 N–H and O–H groups in total. The molecule has 0 saturated heterocycles. The van der Waals surface area contributed by atoms with Crippen molar-refractivity contribution < 1.29 is 27.1 Å². The number of benzene rings is 2. The molecule has 3 rings (SSSR count). The van der Waals surface area contributed by atoms with E-state index in [1.165, 1.54) is 24.4 Å². The van der Waals surface area contributed by atoms with Crippen molar-refractivity contribution in [3.63, 3.8) is 0 Å². The fraction of sp³-hybridized carbons (Fsp3) is 0.348. The minimum Gasteiger partial charge on any atom is -0.383 e. The summed E-state index contributed by atoms with van der Waals surface area (Å²) in [5, 5.41) is 0.497. The fourth-order valence-electron chi connectivity index (χ4n) is 3.50. The van der Waals surface area contributed by atoms with Gasteiger partial charge in [-0.15, -0.1) is 0 Å². The van der Waals surface area contributed by atoms with Crippen LogP contribution in [-0.2, 0) is 36.4 Å². The van der Waals surface area contributed by atoms with Gasteiger partial charge in [-0.1, -0.05) is 36.4 Å². The van der Waals surface area contributed by atoms with Crippen molar-refractivity contribution >= 4 is 26.6 Å². The lowest BCUT2D eigenvalue weighted by molar-refractivity contribution is -0.133. The van der Waals surface area contributed by atoms with E-state index in [1.807, 2.05) is 0 Å². The summed E-state index contributed by atoms with van der Waals surface area (Å²) in [6, 6.07) is 12.8. The number of carbonyl (C=O) groups excluding carboxylic acids is 1. The quantitative estimate of drug-likeness (QED) is 0.438. The summed E-state index contributed by atoms with van der Waals surface area (Å²) >= 11 is 0. The second-order valence-corrected chi connectivity index (χ2v) is 9.31. The first kappa shape index (κ1) is 23.9. The molecule has 3 aromatic rings. The van der Waals surface area contributed by atoms with Crippen LogP contribution in [0.15, 0.2) is 59.6 Å². The lowest BCUT2D eigenvalue weighted by atomic mass is 10.2. The monoisotopic (exact) mass is 462 g/mol. The molecule has 0 saturated carbocycles. The average molecular weight is 463 g/mol. The van der Waals surface area contributed by atoms with E-state index in [1.54, 1.807) is 54.0 Å². The summed E-state index contributed by atoms with van der Waals surface area (Å²) in [5.74, 6) is -1.21. The van der Waals surface area contributed by atoms with Crippen LogP contribution < -0.4 is 0 Å². The number of hydrogen-bond acceptors (Lipinski definition) is 5. The number of carbonyl (C=O) groups is 1. The maximum absolute atomic E-state index is 14.1. The Kier molecular flexibility index (Phi) is 8.00. The predicted molar refractivity (Wildman–Crippen MR) is 120 cm³/mol. The molecule has 9 heteroatoms. The Morgan fingerprint density at radius 2 is 1.62 bits per heavy atom. The van der Waals surface area contributed by atoms with Crippen LogP contribution in [0.4, 0.5) is 4.39 Å². The number of ether oxygens (including phenoxy) is 2. The maximum Gasteiger partial charge on any atom is 0.242 e. The Morgan fingerprint density at radius 3 is 2.28 bits per heavy atom. The van der Waals surface area contributed by atoms with Gasteiger partial charge in [0.1, 0.15) is 12.4 Å². The van der Waals surface area contributed by atoms with Crippen molar-refractivity contribution in [3.8, 4) is 0 Å². The van der Waals surface area contributed by atoms with Crippen LogP contribution in [0.3, 0.4) is 0 Å². The van der Waals surface area contributed by atoms with Crippen LogP contribution in [-0.4, -0.2) is 64.3 Å². The first-order valence-corrected chi connectivity index (χ1v) is 11.8. The topological polar surface area (TPSA) is 77.8 Å². The summed E-state index contributed by atoms with van der Waals surface area (Å²) in [7, 11) is -0.730. The van der Waals surface area contributed by atoms with Crippen molar-refractivity contribution in [1.29, 1.82) is 0 Å². The first-order valence-electron chi connectivity index (χ1n) is 10.2. The predicted octanol–water partition coefficient (Wildman–Crippen LogP) is 2.88. The average Bonchev–Trinajstić information content (AvgIpc) is 3.15. The molecule has 0 bridgehead atoms. The van der Waals surface area contributed by atoms with Gasteiger partial charge < -0.3 is 18.9 Å². The second kappa shape index (κ2) is 10.7. The van der Waals surface area contributed by atoms with Gasteiger partial charge in [0.25, 0.3) is 0 Å². The molecular weight excluding hydrogens is 435 g/mol. The SMILES string of the molecule is COCCN(CCOC)C(=O)Cn1cc(S(=O)(=O)Cc2ccccc2F)c2ccccc21. The number of para-hydroxylation sites is 1. The number of hydrogen-bond donors (Lipinski definition) is 0. The van der Waals surface area contributed by atoms with E-state index in [0.29, 0.717) is 37.2 Å². The number of rotatable bonds is 11. The van der Waals surface area contributed by atoms with Gasteiger partial charge in [-0.2, -0.15) is 0 Å². The molecule has 172 valence electrons. The molecule has 0 spiro atoms. The standard InChI is InChI=1S/C23H27FN2O5S/c1-30-13-11-25(12-14-31-2)23(27)16-26-15-22(19-8-4-6-10-21(19)26)32(28,29)17-18-7-3-5-9-20(18)24/h3-10,15H,11-14,16-17H2,1-2H3. The van der Waals surface area contributed by atoms with Crippen molar-refractivity contribution in [2.24, 2.45) is 0 Å². The minimum atomic E-state index is -3.85. The smallest absolute Gasteiger partial charge is 0.242 e. The highest BCUT2D eigenvalue weighted by Gasteiger charge is 2.24. The number of halogens is 1. The zero-order valence-corrected chi connectivity index (χ0v) is 19.0. The zero-order valence-electron chi connectivity index (χ0n) is 18.2. The zero-order chi connectivity index (χ0) is 23.1. The fourth-order valence-corrected chi connectivity index (χ4v) is 5.09. The number of amides is 1. The van der Waals surface area contributed by atoms with E-state index in [9.17, 15) is 17.6 Å². The molecule has 0 unspecified atom stereocenters. The number of nitrogens with zero attached hydrogens (tertiary/aromatic N) is 2. The molecule has 0 fully saturated rings. The summed E-state index contributed by atoms with van der Waals surface area (Å²) in [4.78, 5) is 14.7. The molecule has 0 radical (unpaired) electrons. The highest BCUT2D eigenvalue weighted by Crippen LogP contribution is 2.28. The van der Waals surface area contributed by atoms with E-state index in [-0.39, 0.29) is 22.9 Å². The molecule has 32 heavy (non-hydrogen) atoms. The summed E-state index contributed by atoms with van der Waals surface area (Å²) in [6.07, 6.45) is 1.46. The summed E-state index contributed by atoms with van der Waals surface area (Å²) in [5.41, 5.74) is 0.720. The van der Waals surface area contributed by atoms with Crippen LogP contribution in [0.25, 0.3) is 10.9 Å². The van der Waals surface area contributed by atoms with Gasteiger partial charge in [0.2, 0.25) is 5.91 Å². The third-order valence-corrected chi connectivity index (χ3v) is 6.87. The highest BCUT2D eigenvalue weighted by molar-refractivity contribution is 7.90. The van der Waals surface area contributed by atoms with Gasteiger partial charge >= 0.3 is 0 Å². The number of aromatic nitrogens is 1. The number of fused-ring (bicyclic) bond motifs is 1. The number of sulfone groups is 1. The molecule has 1 aromatic heterocycles. The normalized spacial score (nSPS) is 11.7. The Hall–Kier alpha value is -2.75. The maximum atomic E-state index is 14.1. The van der Waals surface area contributed by atoms with Gasteiger partial charge in [-0.25, -0.2) is 12.8 Å². The van der Waals surface area contributed by atoms with Crippen LogP contribution in [0.5, 0.6) is 0 Å². The van der Waals surface area contributed by atoms with Crippen LogP contribution in [0, 0.1) is 5.82 Å². The minimum absolute atomic E-state index is 0.0385. The molecular formula is C23H27FN2O5S. The van der Waals surface area contributed by atoms with Crippen molar-refractivity contribution in [3.05, 3.63) is 66.1 Å². The van der Waals surface area contributed by atoms with Crippen LogP contribution in [0.2, 0.25) is 0 Å². The Balaban J connectivity index is 1.93. The van der Waals surface area contributed by atoms with E-state index in [0.717, 1.165) is 0 Å². The highest BCUT2D eigenvalue weighted by atomic mass is 32.2. The molecule has 2 aromatic carbocycles. The molecule has 0 aliphatic rings. The molecule has 0 aliphatic heterocycles. The van der Waals surface area contributed by atoms with E-state index >= 15 is 0 Å².